The Kier molecular flexibility index (Phi) is 4.50. The Hall–Kier alpha value is -1.19. The average Bonchev–Trinajstić information content (AvgIpc) is 2.82. The zero-order valence-corrected chi connectivity index (χ0v) is 12.1. The van der Waals surface area contributed by atoms with Crippen molar-refractivity contribution in [2.24, 2.45) is 0 Å². The van der Waals surface area contributed by atoms with Crippen LogP contribution in [0, 0.1) is 13.8 Å². The molecule has 1 aromatic carbocycles. The fraction of sp³-hybridized carbons (Fsp3) is 0.400. The second-order valence-electron chi connectivity index (χ2n) is 4.61. The molecule has 2 nitrogen and oxygen atoms in total. The Morgan fingerprint density at radius 2 is 2.06 bits per heavy atom. The summed E-state index contributed by atoms with van der Waals surface area (Å²) in [4.78, 5) is 5.82. The third kappa shape index (κ3) is 3.18. The van der Waals surface area contributed by atoms with Crippen LogP contribution in [0.5, 0.6) is 0 Å². The maximum Gasteiger partial charge on any atom is 0.123 e. The highest BCUT2D eigenvalue weighted by Crippen LogP contribution is 2.26. The molecular weight excluding hydrogens is 240 g/mol. The Morgan fingerprint density at radius 3 is 2.78 bits per heavy atom. The fourth-order valence-electron chi connectivity index (χ4n) is 1.79. The smallest absolute Gasteiger partial charge is 0.123 e. The van der Waals surface area contributed by atoms with E-state index in [2.05, 4.69) is 49.3 Å². The first kappa shape index (κ1) is 13.2. The van der Waals surface area contributed by atoms with Gasteiger partial charge in [-0.3, -0.25) is 0 Å². The van der Waals surface area contributed by atoms with Gasteiger partial charge in [0, 0.05) is 23.2 Å². The summed E-state index contributed by atoms with van der Waals surface area (Å²) in [6, 6.07) is 6.54. The summed E-state index contributed by atoms with van der Waals surface area (Å²) in [6.07, 6.45) is 3.15. The molecule has 1 aromatic heterocycles. The SMILES string of the molecule is CCCNCc1cnc(-c2ccc(C)c(C)c2)s1. The van der Waals surface area contributed by atoms with Gasteiger partial charge in [0.1, 0.15) is 5.01 Å². The molecule has 0 aliphatic rings. The predicted molar refractivity (Wildman–Crippen MR) is 79.0 cm³/mol. The summed E-state index contributed by atoms with van der Waals surface area (Å²) in [5, 5.41) is 4.52. The highest BCUT2D eigenvalue weighted by Gasteiger charge is 2.05. The fourth-order valence-corrected chi connectivity index (χ4v) is 2.66. The van der Waals surface area contributed by atoms with Gasteiger partial charge in [-0.05, 0) is 44.0 Å². The first-order valence-corrected chi connectivity index (χ1v) is 7.25. The van der Waals surface area contributed by atoms with Gasteiger partial charge in [0.25, 0.3) is 0 Å². The van der Waals surface area contributed by atoms with Crippen molar-refractivity contribution in [3.63, 3.8) is 0 Å². The monoisotopic (exact) mass is 260 g/mol. The lowest BCUT2D eigenvalue weighted by Crippen LogP contribution is -2.12. The number of hydrogen-bond donors (Lipinski definition) is 1. The normalized spacial score (nSPS) is 10.8. The van der Waals surface area contributed by atoms with E-state index in [1.165, 1.54) is 28.0 Å². The van der Waals surface area contributed by atoms with Crippen LogP contribution in [0.4, 0.5) is 0 Å². The van der Waals surface area contributed by atoms with Gasteiger partial charge >= 0.3 is 0 Å². The van der Waals surface area contributed by atoms with Crippen LogP contribution in [0.15, 0.2) is 24.4 Å². The molecule has 2 aromatic rings. The van der Waals surface area contributed by atoms with Gasteiger partial charge in [0.2, 0.25) is 0 Å². The van der Waals surface area contributed by atoms with Gasteiger partial charge in [-0.1, -0.05) is 19.1 Å². The summed E-state index contributed by atoms with van der Waals surface area (Å²) in [5.74, 6) is 0. The first-order valence-electron chi connectivity index (χ1n) is 6.43. The highest BCUT2D eigenvalue weighted by atomic mass is 32.1. The molecule has 0 saturated heterocycles. The van der Waals surface area contributed by atoms with E-state index in [1.54, 1.807) is 11.3 Å². The molecule has 0 atom stereocenters. The number of benzene rings is 1. The number of aryl methyl sites for hydroxylation is 2. The lowest BCUT2D eigenvalue weighted by atomic mass is 10.1. The second-order valence-corrected chi connectivity index (χ2v) is 5.72. The number of rotatable bonds is 5. The molecule has 1 heterocycles. The molecule has 0 unspecified atom stereocenters. The van der Waals surface area contributed by atoms with E-state index in [1.807, 2.05) is 6.20 Å². The predicted octanol–water partition coefficient (Wildman–Crippen LogP) is 3.93. The van der Waals surface area contributed by atoms with Crippen LogP contribution < -0.4 is 5.32 Å². The molecule has 0 radical (unpaired) electrons. The molecule has 0 aliphatic heterocycles. The van der Waals surface area contributed by atoms with Crippen molar-refractivity contribution in [1.29, 1.82) is 0 Å². The minimum Gasteiger partial charge on any atom is -0.312 e. The van der Waals surface area contributed by atoms with Crippen LogP contribution in [0.2, 0.25) is 0 Å². The van der Waals surface area contributed by atoms with E-state index in [0.717, 1.165) is 18.1 Å². The summed E-state index contributed by atoms with van der Waals surface area (Å²) in [5.41, 5.74) is 3.89. The molecule has 96 valence electrons. The number of nitrogens with one attached hydrogen (secondary N) is 1. The summed E-state index contributed by atoms with van der Waals surface area (Å²) >= 11 is 1.78. The molecule has 3 heteroatoms. The Bertz CT molecular complexity index is 517. The standard InChI is InChI=1S/C15H20N2S/c1-4-7-16-9-14-10-17-15(18-14)13-6-5-11(2)12(3)8-13/h5-6,8,10,16H,4,7,9H2,1-3H3. The van der Waals surface area contributed by atoms with Gasteiger partial charge < -0.3 is 5.32 Å². The molecule has 0 aliphatic carbocycles. The third-order valence-corrected chi connectivity index (χ3v) is 4.08. The van der Waals surface area contributed by atoms with E-state index in [4.69, 9.17) is 0 Å². The van der Waals surface area contributed by atoms with Crippen molar-refractivity contribution in [2.75, 3.05) is 6.54 Å². The van der Waals surface area contributed by atoms with Crippen molar-refractivity contribution >= 4 is 11.3 Å². The molecule has 1 N–H and O–H groups in total. The zero-order valence-electron chi connectivity index (χ0n) is 11.3. The maximum atomic E-state index is 4.51. The van der Waals surface area contributed by atoms with Gasteiger partial charge in [0.15, 0.2) is 0 Å². The van der Waals surface area contributed by atoms with Crippen LogP contribution >= 0.6 is 11.3 Å². The molecule has 0 amide bonds. The van der Waals surface area contributed by atoms with Crippen LogP contribution in [0.1, 0.15) is 29.3 Å². The maximum absolute atomic E-state index is 4.51. The van der Waals surface area contributed by atoms with Crippen LogP contribution in [0.3, 0.4) is 0 Å². The Morgan fingerprint density at radius 1 is 1.22 bits per heavy atom. The zero-order chi connectivity index (χ0) is 13.0. The van der Waals surface area contributed by atoms with Crippen molar-refractivity contribution in [3.05, 3.63) is 40.4 Å². The highest BCUT2D eigenvalue weighted by molar-refractivity contribution is 7.15. The summed E-state index contributed by atoms with van der Waals surface area (Å²) in [6.45, 7) is 8.46. The molecular formula is C15H20N2S. The van der Waals surface area contributed by atoms with Gasteiger partial charge in [-0.2, -0.15) is 0 Å². The van der Waals surface area contributed by atoms with E-state index in [-0.39, 0.29) is 0 Å². The lowest BCUT2D eigenvalue weighted by molar-refractivity contribution is 0.681. The molecule has 0 bridgehead atoms. The lowest BCUT2D eigenvalue weighted by Gasteiger charge is -2.02. The van der Waals surface area contributed by atoms with E-state index in [9.17, 15) is 0 Å². The van der Waals surface area contributed by atoms with E-state index < -0.39 is 0 Å². The third-order valence-electron chi connectivity index (χ3n) is 3.03. The van der Waals surface area contributed by atoms with E-state index in [0.29, 0.717) is 0 Å². The topological polar surface area (TPSA) is 24.9 Å². The largest absolute Gasteiger partial charge is 0.312 e. The van der Waals surface area contributed by atoms with Crippen LogP contribution in [-0.4, -0.2) is 11.5 Å². The molecule has 2 rings (SSSR count). The summed E-state index contributed by atoms with van der Waals surface area (Å²) < 4.78 is 0. The molecule has 0 saturated carbocycles. The van der Waals surface area contributed by atoms with Crippen molar-refractivity contribution < 1.29 is 0 Å². The quantitative estimate of drug-likeness (QED) is 0.824. The van der Waals surface area contributed by atoms with Crippen LogP contribution in [0.25, 0.3) is 10.6 Å². The van der Waals surface area contributed by atoms with Crippen molar-refractivity contribution in [2.45, 2.75) is 33.7 Å². The van der Waals surface area contributed by atoms with Gasteiger partial charge in [0.05, 0.1) is 0 Å². The van der Waals surface area contributed by atoms with Gasteiger partial charge in [-0.25, -0.2) is 4.98 Å². The second kappa shape index (κ2) is 6.12. The summed E-state index contributed by atoms with van der Waals surface area (Å²) in [7, 11) is 0. The number of thiazole rings is 1. The average molecular weight is 260 g/mol. The Balaban J connectivity index is 2.11. The first-order chi connectivity index (χ1) is 8.70. The number of nitrogens with zero attached hydrogens (tertiary/aromatic N) is 1. The van der Waals surface area contributed by atoms with Crippen LogP contribution in [-0.2, 0) is 6.54 Å². The minimum absolute atomic E-state index is 0.927. The Labute approximate surface area is 113 Å². The molecule has 18 heavy (non-hydrogen) atoms. The molecule has 0 fully saturated rings. The molecule has 0 spiro atoms. The van der Waals surface area contributed by atoms with E-state index >= 15 is 0 Å². The van der Waals surface area contributed by atoms with Gasteiger partial charge in [-0.15, -0.1) is 11.3 Å². The number of aromatic nitrogens is 1. The van der Waals surface area contributed by atoms with Crippen molar-refractivity contribution in [3.8, 4) is 10.6 Å². The van der Waals surface area contributed by atoms with Crippen molar-refractivity contribution in [1.82, 2.24) is 10.3 Å². The minimum atomic E-state index is 0.927. The number of hydrogen-bond acceptors (Lipinski definition) is 3.